The second-order valence-corrected chi connectivity index (χ2v) is 7.21. The Hall–Kier alpha value is -2.13. The molecule has 1 amide bonds. The molecule has 1 unspecified atom stereocenters. The number of carboxylic acids is 1. The van der Waals surface area contributed by atoms with Gasteiger partial charge in [-0.15, -0.1) is 0 Å². The number of amides is 1. The van der Waals surface area contributed by atoms with Crippen LogP contribution < -0.4 is 10.1 Å². The molecule has 8 nitrogen and oxygen atoms in total. The number of benzene rings is 1. The number of nitrogens with one attached hydrogen (secondary N) is 1. The number of carbonyl (C=O) groups is 2. The Morgan fingerprint density at radius 1 is 1.26 bits per heavy atom. The molecule has 0 spiro atoms. The molecule has 9 heteroatoms. The average Bonchev–Trinajstić information content (AvgIpc) is 2.44. The Kier molecular flexibility index (Phi) is 6.11. The molecule has 0 bridgehead atoms. The first kappa shape index (κ1) is 18.9. The van der Waals surface area contributed by atoms with Crippen molar-refractivity contribution in [2.24, 2.45) is 0 Å². The highest BCUT2D eigenvalue weighted by molar-refractivity contribution is 7.90. The Labute approximate surface area is 134 Å². The smallest absolute Gasteiger partial charge is 0.337 e. The molecule has 0 fully saturated rings. The molecule has 1 aromatic rings. The van der Waals surface area contributed by atoms with Gasteiger partial charge in [-0.05, 0) is 31.2 Å². The van der Waals surface area contributed by atoms with E-state index in [0.717, 1.165) is 13.2 Å². The predicted molar refractivity (Wildman–Crippen MR) is 80.9 cm³/mol. The molecule has 0 aliphatic carbocycles. The first-order chi connectivity index (χ1) is 10.5. The van der Waals surface area contributed by atoms with Crippen molar-refractivity contribution in [3.05, 3.63) is 24.3 Å². The monoisotopic (exact) mass is 345 g/mol. The topological polar surface area (TPSA) is 130 Å². The molecule has 0 saturated heterocycles. The summed E-state index contributed by atoms with van der Waals surface area (Å²) in [6, 6.07) is 5.75. The minimum Gasteiger partial charge on any atom is -0.493 e. The number of sulfone groups is 1. The fourth-order valence-corrected chi connectivity index (χ4v) is 2.11. The highest BCUT2D eigenvalue weighted by Gasteiger charge is 2.30. The first-order valence-electron chi connectivity index (χ1n) is 6.68. The molecular formula is C14H19NO7S. The lowest BCUT2D eigenvalue weighted by atomic mass is 10.1. The summed E-state index contributed by atoms with van der Waals surface area (Å²) in [4.78, 5) is 22.3. The molecular weight excluding hydrogens is 326 g/mol. The van der Waals surface area contributed by atoms with E-state index in [4.69, 9.17) is 9.84 Å². The molecule has 23 heavy (non-hydrogen) atoms. The van der Waals surface area contributed by atoms with Gasteiger partial charge in [0, 0.05) is 6.26 Å². The number of hydrogen-bond acceptors (Lipinski definition) is 6. The molecule has 0 radical (unpaired) electrons. The van der Waals surface area contributed by atoms with E-state index in [1.807, 2.05) is 0 Å². The van der Waals surface area contributed by atoms with Crippen molar-refractivity contribution in [2.75, 3.05) is 19.4 Å². The van der Waals surface area contributed by atoms with Gasteiger partial charge in [-0.1, -0.05) is 0 Å². The summed E-state index contributed by atoms with van der Waals surface area (Å²) < 4.78 is 27.9. The van der Waals surface area contributed by atoms with E-state index in [2.05, 4.69) is 5.32 Å². The molecule has 0 aromatic heterocycles. The minimum absolute atomic E-state index is 0.0271. The fourth-order valence-electron chi connectivity index (χ4n) is 1.48. The summed E-state index contributed by atoms with van der Waals surface area (Å²) in [5.74, 6) is -1.50. The molecule has 0 aliphatic rings. The number of carbonyl (C=O) groups excluding carboxylic acids is 1. The summed E-state index contributed by atoms with van der Waals surface area (Å²) in [6.45, 7) is 0.693. The van der Waals surface area contributed by atoms with E-state index in [1.165, 1.54) is 24.3 Å². The maximum Gasteiger partial charge on any atom is 0.337 e. The van der Waals surface area contributed by atoms with Crippen LogP contribution in [0.2, 0.25) is 0 Å². The summed E-state index contributed by atoms with van der Waals surface area (Å²) in [7, 11) is -3.27. The normalized spacial score (nSPS) is 13.9. The highest BCUT2D eigenvalue weighted by Crippen LogP contribution is 2.15. The lowest BCUT2D eigenvalue weighted by Gasteiger charge is -2.18. The number of ether oxygens (including phenoxy) is 1. The van der Waals surface area contributed by atoms with Gasteiger partial charge in [-0.3, -0.25) is 4.79 Å². The van der Waals surface area contributed by atoms with Crippen LogP contribution in [0, 0.1) is 0 Å². The maximum atomic E-state index is 11.5. The third-order valence-electron chi connectivity index (χ3n) is 2.94. The van der Waals surface area contributed by atoms with Crippen molar-refractivity contribution in [2.45, 2.75) is 23.8 Å². The van der Waals surface area contributed by atoms with Crippen LogP contribution in [0.1, 0.15) is 13.3 Å². The van der Waals surface area contributed by atoms with E-state index < -0.39 is 33.9 Å². The standard InChI is InChI=1S/C14H19NO7S/c1-14(19,13(17)18)9-15-12(16)7-8-22-10-3-5-11(6-4-10)23(2,20)21/h3-6,19H,7-9H2,1-2H3,(H,15,16)(H,17,18). The molecule has 3 N–H and O–H groups in total. The van der Waals surface area contributed by atoms with Gasteiger partial charge >= 0.3 is 5.97 Å². The van der Waals surface area contributed by atoms with E-state index >= 15 is 0 Å². The number of rotatable bonds is 8. The Morgan fingerprint density at radius 2 is 1.83 bits per heavy atom. The zero-order chi connectivity index (χ0) is 17.7. The number of aliphatic hydroxyl groups is 1. The van der Waals surface area contributed by atoms with E-state index in [1.54, 1.807) is 0 Å². The fraction of sp³-hybridized carbons (Fsp3) is 0.429. The van der Waals surface area contributed by atoms with Gasteiger partial charge in [-0.25, -0.2) is 13.2 Å². The Morgan fingerprint density at radius 3 is 2.30 bits per heavy atom. The van der Waals surface area contributed by atoms with Crippen molar-refractivity contribution in [3.8, 4) is 5.75 Å². The highest BCUT2D eigenvalue weighted by atomic mass is 32.2. The number of carboxylic acid groups (broad SMARTS) is 1. The van der Waals surface area contributed by atoms with Gasteiger partial charge in [-0.2, -0.15) is 0 Å². The molecule has 0 heterocycles. The van der Waals surface area contributed by atoms with Crippen molar-refractivity contribution >= 4 is 21.7 Å². The third kappa shape index (κ3) is 6.25. The number of hydrogen-bond donors (Lipinski definition) is 3. The van der Waals surface area contributed by atoms with Gasteiger partial charge in [0.25, 0.3) is 0 Å². The quantitative estimate of drug-likeness (QED) is 0.595. The van der Waals surface area contributed by atoms with Crippen LogP contribution in [0.4, 0.5) is 0 Å². The largest absolute Gasteiger partial charge is 0.493 e. The second kappa shape index (κ2) is 7.42. The molecule has 0 aliphatic heterocycles. The van der Waals surface area contributed by atoms with Crippen LogP contribution in [0.3, 0.4) is 0 Å². The summed E-state index contributed by atoms with van der Waals surface area (Å²) >= 11 is 0. The predicted octanol–water partition coefficient (Wildman–Crippen LogP) is -0.189. The SMILES string of the molecule is CC(O)(CNC(=O)CCOc1ccc(S(C)(=O)=O)cc1)C(=O)O. The van der Waals surface area contributed by atoms with Crippen LogP contribution in [-0.2, 0) is 19.4 Å². The van der Waals surface area contributed by atoms with Crippen LogP contribution in [-0.4, -0.2) is 55.5 Å². The van der Waals surface area contributed by atoms with Crippen LogP contribution in [0.25, 0.3) is 0 Å². The van der Waals surface area contributed by atoms with Crippen LogP contribution >= 0.6 is 0 Å². The van der Waals surface area contributed by atoms with Gasteiger partial charge in [0.1, 0.15) is 5.75 Å². The molecule has 1 rings (SSSR count). The van der Waals surface area contributed by atoms with E-state index in [9.17, 15) is 23.1 Å². The Balaban J connectivity index is 2.39. The van der Waals surface area contributed by atoms with Crippen LogP contribution in [0.5, 0.6) is 5.75 Å². The summed E-state index contributed by atoms with van der Waals surface area (Å²) in [5.41, 5.74) is -2.03. The van der Waals surface area contributed by atoms with Crippen molar-refractivity contribution in [3.63, 3.8) is 0 Å². The second-order valence-electron chi connectivity index (χ2n) is 5.20. The zero-order valence-corrected chi connectivity index (χ0v) is 13.6. The molecule has 128 valence electrons. The lowest BCUT2D eigenvalue weighted by molar-refractivity contribution is -0.156. The van der Waals surface area contributed by atoms with Gasteiger partial charge in [0.2, 0.25) is 5.91 Å². The first-order valence-corrected chi connectivity index (χ1v) is 8.57. The molecule has 1 aromatic carbocycles. The molecule has 0 saturated carbocycles. The summed E-state index contributed by atoms with van der Waals surface area (Å²) in [6.07, 6.45) is 1.06. The third-order valence-corrected chi connectivity index (χ3v) is 4.07. The van der Waals surface area contributed by atoms with Gasteiger partial charge < -0.3 is 20.3 Å². The average molecular weight is 345 g/mol. The van der Waals surface area contributed by atoms with Gasteiger partial charge in [0.15, 0.2) is 15.4 Å². The molecule has 1 atom stereocenters. The van der Waals surface area contributed by atoms with Crippen molar-refractivity contribution < 1.29 is 33.0 Å². The van der Waals surface area contributed by atoms with E-state index in [-0.39, 0.29) is 17.9 Å². The van der Waals surface area contributed by atoms with Gasteiger partial charge in [0.05, 0.1) is 24.5 Å². The van der Waals surface area contributed by atoms with Crippen molar-refractivity contribution in [1.29, 1.82) is 0 Å². The van der Waals surface area contributed by atoms with E-state index in [0.29, 0.717) is 5.75 Å². The minimum atomic E-state index is -3.27. The lowest BCUT2D eigenvalue weighted by Crippen LogP contribution is -2.46. The maximum absolute atomic E-state index is 11.5. The van der Waals surface area contributed by atoms with Crippen molar-refractivity contribution in [1.82, 2.24) is 5.32 Å². The summed E-state index contributed by atoms with van der Waals surface area (Å²) in [5, 5.41) is 20.4. The number of aliphatic carboxylic acids is 1. The zero-order valence-electron chi connectivity index (χ0n) is 12.8. The van der Waals surface area contributed by atoms with Crippen LogP contribution in [0.15, 0.2) is 29.2 Å². The Bertz CT molecular complexity index is 665.